The summed E-state index contributed by atoms with van der Waals surface area (Å²) in [5.74, 6) is 0.116. The minimum Gasteiger partial charge on any atom is -0.338 e. The minimum atomic E-state index is -0.470. The monoisotopic (exact) mass is 638 g/mol. The van der Waals surface area contributed by atoms with Crippen molar-refractivity contribution in [3.05, 3.63) is 133 Å². The quantitative estimate of drug-likeness (QED) is 0.192. The van der Waals surface area contributed by atoms with Crippen LogP contribution in [0.15, 0.2) is 116 Å². The van der Waals surface area contributed by atoms with Crippen LogP contribution in [0.4, 0.5) is 15.9 Å². The molecule has 0 amide bonds. The van der Waals surface area contributed by atoms with Gasteiger partial charge in [-0.25, -0.2) is 24.3 Å². The minimum absolute atomic E-state index is 0.171. The van der Waals surface area contributed by atoms with Crippen LogP contribution in [0.3, 0.4) is 0 Å². The third-order valence-corrected chi connectivity index (χ3v) is 7.37. The summed E-state index contributed by atoms with van der Waals surface area (Å²) in [7, 11) is 0. The van der Waals surface area contributed by atoms with Crippen molar-refractivity contribution >= 4 is 45.2 Å². The van der Waals surface area contributed by atoms with Crippen molar-refractivity contribution in [2.24, 2.45) is 0 Å². The maximum absolute atomic E-state index is 14.2. The number of fused-ring (bicyclic) bond motifs is 2. The molecule has 0 aliphatic heterocycles. The number of rotatable bonds is 5. The van der Waals surface area contributed by atoms with Crippen LogP contribution in [0, 0.1) is 12.7 Å². The van der Waals surface area contributed by atoms with Gasteiger partial charge in [0.25, 0.3) is 0 Å². The summed E-state index contributed by atoms with van der Waals surface area (Å²) in [6.07, 6.45) is 10.00. The molecule has 0 aliphatic rings. The predicted octanol–water partition coefficient (Wildman–Crippen LogP) is 8.01. The molecule has 8 aromatic rings. The lowest BCUT2D eigenvalue weighted by atomic mass is 9.99. The van der Waals surface area contributed by atoms with Gasteiger partial charge in [-0.1, -0.05) is 35.9 Å². The maximum atomic E-state index is 14.2. The van der Waals surface area contributed by atoms with Crippen molar-refractivity contribution in [1.82, 2.24) is 45.1 Å². The Morgan fingerprint density at radius 2 is 1.57 bits per heavy atom. The van der Waals surface area contributed by atoms with Crippen LogP contribution >= 0.6 is 11.6 Å². The molecule has 0 atom stereocenters. The smallest absolute Gasteiger partial charge is 0.184 e. The number of para-hydroxylation sites is 1. The number of H-pyrrole nitrogens is 1. The Hall–Kier alpha value is -6.20. The van der Waals surface area contributed by atoms with Gasteiger partial charge in [0.2, 0.25) is 0 Å². The highest BCUT2D eigenvalue weighted by Gasteiger charge is 2.16. The van der Waals surface area contributed by atoms with E-state index >= 15 is 0 Å². The molecule has 0 unspecified atom stereocenters. The molecule has 8 rings (SSSR count). The molecule has 0 aliphatic carbocycles. The zero-order chi connectivity index (χ0) is 32.2. The fraction of sp³-hybridized carbons (Fsp3) is 0.0286. The predicted molar refractivity (Wildman–Crippen MR) is 180 cm³/mol. The molecule has 6 heterocycles. The van der Waals surface area contributed by atoms with Crippen LogP contribution in [-0.2, 0) is 0 Å². The largest absolute Gasteiger partial charge is 0.338 e. The summed E-state index contributed by atoms with van der Waals surface area (Å²) in [6.45, 7) is 2.01. The lowest BCUT2D eigenvalue weighted by Gasteiger charge is -2.10. The summed E-state index contributed by atoms with van der Waals surface area (Å²) in [5.41, 5.74) is 7.74. The average Bonchev–Trinajstić information content (AvgIpc) is 3.60. The Morgan fingerprint density at radius 1 is 0.745 bits per heavy atom. The first-order chi connectivity index (χ1) is 23.0. The molecule has 2 N–H and O–H groups in total. The van der Waals surface area contributed by atoms with Crippen molar-refractivity contribution in [2.75, 3.05) is 5.32 Å². The Bertz CT molecular complexity index is 2330. The number of anilines is 2. The van der Waals surface area contributed by atoms with Gasteiger partial charge in [-0.15, -0.1) is 0 Å². The van der Waals surface area contributed by atoms with E-state index in [-0.39, 0.29) is 11.4 Å². The molecular weight excluding hydrogens is 615 g/mol. The fourth-order valence-electron chi connectivity index (χ4n) is 5.04. The second-order valence-electron chi connectivity index (χ2n) is 10.3. The van der Waals surface area contributed by atoms with Gasteiger partial charge < -0.3 is 5.32 Å². The molecular formula is C35H24ClFN10. The molecule has 12 heteroatoms. The number of nitrogens with zero attached hydrogens (tertiary/aromatic N) is 8. The van der Waals surface area contributed by atoms with Gasteiger partial charge in [0.1, 0.15) is 5.82 Å². The Morgan fingerprint density at radius 3 is 2.43 bits per heavy atom. The number of pyridine rings is 3. The van der Waals surface area contributed by atoms with Crippen molar-refractivity contribution in [3.63, 3.8) is 0 Å². The van der Waals surface area contributed by atoms with Gasteiger partial charge in [-0.2, -0.15) is 5.10 Å². The molecule has 0 saturated carbocycles. The van der Waals surface area contributed by atoms with Gasteiger partial charge in [0, 0.05) is 58.3 Å². The number of hydrogen-bond acceptors (Lipinski definition) is 9. The van der Waals surface area contributed by atoms with Gasteiger partial charge in [0.15, 0.2) is 22.8 Å². The molecule has 47 heavy (non-hydrogen) atoms. The molecule has 0 fully saturated rings. The number of hydrogen-bond donors (Lipinski definition) is 2. The van der Waals surface area contributed by atoms with Crippen LogP contribution in [0.25, 0.3) is 56.0 Å². The van der Waals surface area contributed by atoms with Crippen LogP contribution in [0.5, 0.6) is 0 Å². The van der Waals surface area contributed by atoms with Crippen LogP contribution in [-0.4, -0.2) is 45.1 Å². The Kier molecular flexibility index (Phi) is 8.18. The third kappa shape index (κ3) is 6.33. The first-order valence-corrected chi connectivity index (χ1v) is 14.8. The van der Waals surface area contributed by atoms with E-state index in [2.05, 4.69) is 62.5 Å². The molecule has 0 bridgehead atoms. The van der Waals surface area contributed by atoms with E-state index in [1.807, 2.05) is 49.5 Å². The highest BCUT2D eigenvalue weighted by molar-refractivity contribution is 6.30. The normalized spacial score (nSPS) is 10.9. The summed E-state index contributed by atoms with van der Waals surface area (Å²) in [5, 5.41) is 11.9. The fourth-order valence-corrected chi connectivity index (χ4v) is 5.21. The van der Waals surface area contributed by atoms with Gasteiger partial charge in [-0.05, 0) is 67.1 Å². The Balaban J connectivity index is 0.000000151. The van der Waals surface area contributed by atoms with Crippen molar-refractivity contribution in [1.29, 1.82) is 0 Å². The first kappa shape index (κ1) is 29.5. The lowest BCUT2D eigenvalue weighted by Crippen LogP contribution is -2.02. The second kappa shape index (κ2) is 13.0. The summed E-state index contributed by atoms with van der Waals surface area (Å²) >= 11 is 5.98. The molecule has 0 saturated heterocycles. The summed E-state index contributed by atoms with van der Waals surface area (Å²) in [4.78, 5) is 30.2. The number of nitrogens with one attached hydrogen (secondary N) is 2. The highest BCUT2D eigenvalue weighted by Crippen LogP contribution is 2.34. The third-order valence-electron chi connectivity index (χ3n) is 7.14. The van der Waals surface area contributed by atoms with Crippen LogP contribution in [0.1, 0.15) is 5.69 Å². The lowest BCUT2D eigenvalue weighted by molar-refractivity contribution is 0.630. The molecule has 6 aromatic heterocycles. The number of aromatic nitrogens is 9. The summed E-state index contributed by atoms with van der Waals surface area (Å²) in [6, 6.07) is 23.9. The van der Waals surface area contributed by atoms with Gasteiger partial charge >= 0.3 is 0 Å². The van der Waals surface area contributed by atoms with Crippen molar-refractivity contribution < 1.29 is 4.39 Å². The zero-order valence-corrected chi connectivity index (χ0v) is 25.6. The molecule has 2 aromatic carbocycles. The maximum Gasteiger partial charge on any atom is 0.184 e. The first-order valence-electron chi connectivity index (χ1n) is 14.5. The average molecular weight is 639 g/mol. The SMILES string of the molecule is Cc1cc(-c2cn[nH]c2-c2ccccn2)c2ccccc2n1.Fc1ccc(Cl)cc1-c1nc(Nc2ccncc2)c2nccnc2n1. The zero-order valence-electron chi connectivity index (χ0n) is 24.8. The van der Waals surface area contributed by atoms with E-state index in [0.717, 1.165) is 44.8 Å². The van der Waals surface area contributed by atoms with Crippen molar-refractivity contribution in [2.45, 2.75) is 6.92 Å². The second-order valence-corrected chi connectivity index (χ2v) is 10.7. The van der Waals surface area contributed by atoms with E-state index < -0.39 is 5.82 Å². The molecule has 10 nitrogen and oxygen atoms in total. The number of aromatic amines is 1. The molecule has 0 spiro atoms. The van der Waals surface area contributed by atoms with E-state index in [1.165, 1.54) is 24.4 Å². The molecule has 228 valence electrons. The van der Waals surface area contributed by atoms with Crippen molar-refractivity contribution in [3.8, 4) is 33.9 Å². The van der Waals surface area contributed by atoms with E-state index in [9.17, 15) is 4.39 Å². The van der Waals surface area contributed by atoms with Gasteiger partial charge in [-0.3, -0.25) is 20.1 Å². The Labute approximate surface area is 272 Å². The van der Waals surface area contributed by atoms with E-state index in [1.54, 1.807) is 36.9 Å². The van der Waals surface area contributed by atoms with E-state index in [0.29, 0.717) is 22.0 Å². The topological polar surface area (TPSA) is 131 Å². The van der Waals surface area contributed by atoms with Crippen LogP contribution < -0.4 is 5.32 Å². The number of benzene rings is 2. The number of aryl methyl sites for hydroxylation is 1. The highest BCUT2D eigenvalue weighted by atomic mass is 35.5. The molecule has 0 radical (unpaired) electrons. The van der Waals surface area contributed by atoms with Gasteiger partial charge in [0.05, 0.1) is 28.7 Å². The van der Waals surface area contributed by atoms with Crippen LogP contribution in [0.2, 0.25) is 5.02 Å². The standard InChI is InChI=1S/C18H14N4.C17H10ClFN6/c1-12-10-14(13-6-2-3-7-16(13)21-12)15-11-20-22-18(15)17-8-4-5-9-19-17;18-10-1-2-13(19)12(9-10)15-24-16-14(21-7-8-22-16)17(25-15)23-11-3-5-20-6-4-11/h2-11H,1H3,(H,20,22);1-9H,(H,20,22,23,24,25). The summed E-state index contributed by atoms with van der Waals surface area (Å²) < 4.78 is 14.2. The number of halogens is 2. The van der Waals surface area contributed by atoms with E-state index in [4.69, 9.17) is 11.6 Å².